The van der Waals surface area contributed by atoms with E-state index in [9.17, 15) is 9.59 Å². The van der Waals surface area contributed by atoms with E-state index in [1.807, 2.05) is 46.0 Å². The Hall–Kier alpha value is -4.13. The average Bonchev–Trinajstić information content (AvgIpc) is 3.42. The molecule has 4 aromatic rings. The van der Waals surface area contributed by atoms with Gasteiger partial charge < -0.3 is 15.4 Å². The maximum Gasteiger partial charge on any atom is 0.248 e. The SMILES string of the molecule is NC(=O)c1ccc2c(c1)c(-c1ccc(OC3CC4CCC(C3)N4C=O)cc1)nn2Cc1ccc(C2CCC2)cc1. The summed E-state index contributed by atoms with van der Waals surface area (Å²) in [7, 11) is 0. The molecule has 1 saturated carbocycles. The molecule has 2 amide bonds. The fourth-order valence-electron chi connectivity index (χ4n) is 6.79. The number of amides is 2. The first kappa shape index (κ1) is 24.9. The number of nitrogens with two attached hydrogens (primary N) is 1. The molecule has 0 spiro atoms. The van der Waals surface area contributed by atoms with E-state index in [4.69, 9.17) is 15.6 Å². The maximum absolute atomic E-state index is 12.0. The number of hydrogen-bond donors (Lipinski definition) is 1. The number of fused-ring (bicyclic) bond motifs is 3. The van der Waals surface area contributed by atoms with E-state index >= 15 is 0 Å². The summed E-state index contributed by atoms with van der Waals surface area (Å²) in [6, 6.07) is 23.1. The topological polar surface area (TPSA) is 90.5 Å². The summed E-state index contributed by atoms with van der Waals surface area (Å²) in [6.45, 7) is 0.639. The van der Waals surface area contributed by atoms with Crippen LogP contribution in [-0.2, 0) is 11.3 Å². The maximum atomic E-state index is 12.0. The monoisotopic (exact) mass is 534 g/mol. The largest absolute Gasteiger partial charge is 0.490 e. The second kappa shape index (κ2) is 10.1. The van der Waals surface area contributed by atoms with Gasteiger partial charge in [0.1, 0.15) is 17.5 Å². The quantitative estimate of drug-likeness (QED) is 0.296. The minimum absolute atomic E-state index is 0.119. The average molecular weight is 535 g/mol. The van der Waals surface area contributed by atoms with Gasteiger partial charge in [-0.1, -0.05) is 30.7 Å². The summed E-state index contributed by atoms with van der Waals surface area (Å²) in [5, 5.41) is 5.91. The van der Waals surface area contributed by atoms with E-state index in [-0.39, 0.29) is 6.10 Å². The minimum Gasteiger partial charge on any atom is -0.490 e. The van der Waals surface area contributed by atoms with Crippen LogP contribution in [0.1, 0.15) is 72.3 Å². The molecule has 1 aromatic heterocycles. The first-order valence-corrected chi connectivity index (χ1v) is 14.4. The number of carbonyl (C=O) groups excluding carboxylic acids is 2. The molecular formula is C33H34N4O3. The van der Waals surface area contributed by atoms with Gasteiger partial charge in [0.05, 0.1) is 12.1 Å². The number of rotatable bonds is 8. The van der Waals surface area contributed by atoms with Crippen molar-refractivity contribution in [2.24, 2.45) is 5.73 Å². The van der Waals surface area contributed by atoms with E-state index in [0.717, 1.165) is 60.0 Å². The molecule has 2 N–H and O–H groups in total. The molecule has 0 radical (unpaired) electrons. The molecule has 7 nitrogen and oxygen atoms in total. The second-order valence-electron chi connectivity index (χ2n) is 11.6. The van der Waals surface area contributed by atoms with Crippen molar-refractivity contribution in [2.45, 2.75) is 75.6 Å². The zero-order valence-electron chi connectivity index (χ0n) is 22.5. The van der Waals surface area contributed by atoms with Crippen molar-refractivity contribution in [3.05, 3.63) is 83.4 Å². The van der Waals surface area contributed by atoms with Gasteiger partial charge in [-0.05, 0) is 85.2 Å². The van der Waals surface area contributed by atoms with Gasteiger partial charge in [-0.15, -0.1) is 0 Å². The highest BCUT2D eigenvalue weighted by molar-refractivity contribution is 6.01. The van der Waals surface area contributed by atoms with Crippen LogP contribution in [0.2, 0.25) is 0 Å². The van der Waals surface area contributed by atoms with Gasteiger partial charge in [0, 0.05) is 41.4 Å². The predicted octanol–water partition coefficient (Wildman–Crippen LogP) is 5.65. The van der Waals surface area contributed by atoms with Crippen molar-refractivity contribution >= 4 is 23.2 Å². The lowest BCUT2D eigenvalue weighted by atomic mass is 9.80. The van der Waals surface area contributed by atoms with Gasteiger partial charge in [0.2, 0.25) is 12.3 Å². The van der Waals surface area contributed by atoms with Crippen molar-refractivity contribution in [3.63, 3.8) is 0 Å². The van der Waals surface area contributed by atoms with Gasteiger partial charge in [-0.25, -0.2) is 0 Å². The van der Waals surface area contributed by atoms with Crippen LogP contribution in [-0.4, -0.2) is 45.2 Å². The van der Waals surface area contributed by atoms with Gasteiger partial charge in [-0.3, -0.25) is 14.3 Å². The van der Waals surface area contributed by atoms with Crippen LogP contribution in [0.5, 0.6) is 5.75 Å². The highest BCUT2D eigenvalue weighted by Gasteiger charge is 2.40. The van der Waals surface area contributed by atoms with E-state index in [1.54, 1.807) is 6.07 Å². The molecule has 2 unspecified atom stereocenters. The molecular weight excluding hydrogens is 500 g/mol. The van der Waals surface area contributed by atoms with E-state index in [2.05, 4.69) is 24.3 Å². The van der Waals surface area contributed by atoms with E-state index in [1.165, 1.54) is 30.4 Å². The number of aromatic nitrogens is 2. The summed E-state index contributed by atoms with van der Waals surface area (Å²) in [5.41, 5.74) is 11.4. The standard InChI is InChI=1S/C33H34N4O3/c34-33(39)25-10-15-31-30(16-25)32(35-37(31)19-21-4-6-23(7-5-21)22-2-1-3-22)24-8-13-28(14-9-24)40-29-17-26-11-12-27(18-29)36(26)20-38/h4-10,13-16,20,22,26-27,29H,1-3,11-12,17-19H2,(H2,34,39). The summed E-state index contributed by atoms with van der Waals surface area (Å²) in [5.74, 6) is 1.08. The first-order valence-electron chi connectivity index (χ1n) is 14.4. The van der Waals surface area contributed by atoms with Gasteiger partial charge >= 0.3 is 0 Å². The lowest BCUT2D eigenvalue weighted by Gasteiger charge is -2.36. The summed E-state index contributed by atoms with van der Waals surface area (Å²) in [6.07, 6.45) is 8.92. The van der Waals surface area contributed by atoms with Crippen LogP contribution in [0, 0.1) is 0 Å². The molecule has 3 heterocycles. The molecule has 2 aliphatic heterocycles. The number of carbonyl (C=O) groups is 2. The lowest BCUT2D eigenvalue weighted by molar-refractivity contribution is -0.123. The smallest absolute Gasteiger partial charge is 0.248 e. The van der Waals surface area contributed by atoms with Crippen LogP contribution >= 0.6 is 0 Å². The summed E-state index contributed by atoms with van der Waals surface area (Å²) >= 11 is 0. The van der Waals surface area contributed by atoms with Crippen LogP contribution in [0.25, 0.3) is 22.2 Å². The number of piperidine rings is 1. The van der Waals surface area contributed by atoms with Crippen LogP contribution in [0.4, 0.5) is 0 Å². The molecule has 2 atom stereocenters. The number of benzene rings is 3. The number of primary amides is 1. The van der Waals surface area contributed by atoms with Crippen molar-refractivity contribution in [3.8, 4) is 17.0 Å². The Morgan fingerprint density at radius 2 is 1.68 bits per heavy atom. The minimum atomic E-state index is -0.453. The van der Waals surface area contributed by atoms with E-state index in [0.29, 0.717) is 30.1 Å². The fourth-order valence-corrected chi connectivity index (χ4v) is 6.79. The second-order valence-corrected chi connectivity index (χ2v) is 11.6. The Morgan fingerprint density at radius 3 is 2.30 bits per heavy atom. The van der Waals surface area contributed by atoms with Crippen LogP contribution in [0.15, 0.2) is 66.7 Å². The molecule has 40 heavy (non-hydrogen) atoms. The van der Waals surface area contributed by atoms with E-state index < -0.39 is 5.91 Å². The molecule has 3 aromatic carbocycles. The molecule has 7 rings (SSSR count). The third kappa shape index (κ3) is 4.53. The zero-order valence-corrected chi connectivity index (χ0v) is 22.5. The summed E-state index contributed by atoms with van der Waals surface area (Å²) < 4.78 is 8.36. The molecule has 3 aliphatic rings. The Kier molecular flexibility index (Phi) is 6.29. The van der Waals surface area contributed by atoms with Gasteiger partial charge in [-0.2, -0.15) is 5.10 Å². The third-order valence-corrected chi connectivity index (χ3v) is 9.22. The van der Waals surface area contributed by atoms with Crippen LogP contribution in [0.3, 0.4) is 0 Å². The van der Waals surface area contributed by atoms with Crippen molar-refractivity contribution in [2.75, 3.05) is 0 Å². The zero-order chi connectivity index (χ0) is 27.2. The normalized spacial score (nSPS) is 22.3. The number of ether oxygens (including phenoxy) is 1. The molecule has 2 saturated heterocycles. The molecule has 204 valence electrons. The molecule has 3 fully saturated rings. The fraction of sp³-hybridized carbons (Fsp3) is 0.364. The number of hydrogen-bond acceptors (Lipinski definition) is 4. The van der Waals surface area contributed by atoms with Crippen molar-refractivity contribution in [1.82, 2.24) is 14.7 Å². The van der Waals surface area contributed by atoms with Crippen LogP contribution < -0.4 is 10.5 Å². The van der Waals surface area contributed by atoms with Gasteiger partial charge in [0.15, 0.2) is 0 Å². The van der Waals surface area contributed by atoms with Gasteiger partial charge in [0.25, 0.3) is 0 Å². The highest BCUT2D eigenvalue weighted by Crippen LogP contribution is 2.38. The Balaban J connectivity index is 1.15. The third-order valence-electron chi connectivity index (χ3n) is 9.22. The first-order chi connectivity index (χ1) is 19.6. The Bertz CT molecular complexity index is 1540. The molecule has 2 bridgehead atoms. The van der Waals surface area contributed by atoms with Crippen molar-refractivity contribution in [1.29, 1.82) is 0 Å². The molecule has 7 heteroatoms. The lowest BCUT2D eigenvalue weighted by Crippen LogP contribution is -2.45. The molecule has 1 aliphatic carbocycles. The Morgan fingerprint density at radius 1 is 0.950 bits per heavy atom. The summed E-state index contributed by atoms with van der Waals surface area (Å²) in [4.78, 5) is 25.4. The van der Waals surface area contributed by atoms with Crippen molar-refractivity contribution < 1.29 is 14.3 Å². The highest BCUT2D eigenvalue weighted by atomic mass is 16.5. The number of nitrogens with zero attached hydrogens (tertiary/aromatic N) is 3. The Labute approximate surface area is 233 Å². The predicted molar refractivity (Wildman–Crippen MR) is 154 cm³/mol.